The Hall–Kier alpha value is -1.72. The summed E-state index contributed by atoms with van der Waals surface area (Å²) in [4.78, 5) is 12.9. The highest BCUT2D eigenvalue weighted by molar-refractivity contribution is 6.01. The largest absolute Gasteiger partial charge is 0.453 e. The summed E-state index contributed by atoms with van der Waals surface area (Å²) >= 11 is 0. The van der Waals surface area contributed by atoms with E-state index in [1.165, 1.54) is 18.6 Å². The van der Waals surface area contributed by atoms with E-state index < -0.39 is 0 Å². The van der Waals surface area contributed by atoms with Gasteiger partial charge in [0.2, 0.25) is 5.78 Å². The number of ketones is 1. The second-order valence-corrected chi connectivity index (χ2v) is 6.29. The van der Waals surface area contributed by atoms with Gasteiger partial charge in [0.05, 0.1) is 19.8 Å². The molecule has 1 aliphatic rings. The lowest BCUT2D eigenvalue weighted by atomic mass is 9.85. The van der Waals surface area contributed by atoms with Crippen LogP contribution in [0, 0.1) is 11.7 Å². The van der Waals surface area contributed by atoms with Crippen molar-refractivity contribution >= 4 is 16.8 Å². The summed E-state index contributed by atoms with van der Waals surface area (Å²) in [6.45, 7) is 1.10. The smallest absolute Gasteiger partial charge is 0.201 e. The summed E-state index contributed by atoms with van der Waals surface area (Å²) in [6, 6.07) is 4.32. The van der Waals surface area contributed by atoms with Crippen LogP contribution in [0.2, 0.25) is 0 Å². The zero-order valence-electron chi connectivity index (χ0n) is 14.0. The number of hydrogen-bond donors (Lipinski definition) is 0. The summed E-state index contributed by atoms with van der Waals surface area (Å²) in [5, 5.41) is 0.617. The van der Waals surface area contributed by atoms with Gasteiger partial charge in [-0.3, -0.25) is 4.79 Å². The van der Waals surface area contributed by atoms with Gasteiger partial charge in [-0.25, -0.2) is 4.39 Å². The van der Waals surface area contributed by atoms with Crippen LogP contribution < -0.4 is 0 Å². The predicted molar refractivity (Wildman–Crippen MR) is 88.6 cm³/mol. The normalized spacial score (nSPS) is 15.9. The molecule has 1 saturated carbocycles. The fourth-order valence-corrected chi connectivity index (χ4v) is 3.33. The molecule has 130 valence electrons. The predicted octanol–water partition coefficient (Wildman–Crippen LogP) is 4.50. The summed E-state index contributed by atoms with van der Waals surface area (Å²) < 4.78 is 30.0. The number of halogens is 1. The molecule has 0 saturated heterocycles. The first-order chi connectivity index (χ1) is 11.7. The number of rotatable bonds is 7. The Bertz CT molecular complexity index is 701. The topological polar surface area (TPSA) is 48.7 Å². The Balaban J connectivity index is 1.90. The molecule has 5 heteroatoms. The number of carbonyl (C=O) groups excluding carboxylic acids is 1. The molecule has 1 aromatic heterocycles. The molecule has 0 bridgehead atoms. The maximum absolute atomic E-state index is 13.6. The number of furan rings is 1. The van der Waals surface area contributed by atoms with E-state index >= 15 is 0 Å². The van der Waals surface area contributed by atoms with Gasteiger partial charge in [0, 0.05) is 24.0 Å². The summed E-state index contributed by atoms with van der Waals surface area (Å²) in [5.41, 5.74) is 1.18. The van der Waals surface area contributed by atoms with Crippen LogP contribution in [0.1, 0.15) is 48.2 Å². The Morgan fingerprint density at radius 2 is 2.04 bits per heavy atom. The van der Waals surface area contributed by atoms with Crippen molar-refractivity contribution in [2.75, 3.05) is 20.3 Å². The van der Waals surface area contributed by atoms with E-state index in [0.29, 0.717) is 35.5 Å². The molecule has 1 aromatic carbocycles. The number of carbonyl (C=O) groups is 1. The van der Waals surface area contributed by atoms with Crippen molar-refractivity contribution in [1.82, 2.24) is 0 Å². The molecule has 0 unspecified atom stereocenters. The number of hydrogen-bond acceptors (Lipinski definition) is 4. The average molecular weight is 334 g/mol. The molecule has 1 fully saturated rings. The molecule has 0 radical (unpaired) electrons. The van der Waals surface area contributed by atoms with E-state index in [2.05, 4.69) is 0 Å². The molecule has 1 aliphatic carbocycles. The maximum atomic E-state index is 13.6. The molecule has 0 N–H and O–H groups in total. The van der Waals surface area contributed by atoms with E-state index in [1.807, 2.05) is 0 Å². The molecular weight excluding hydrogens is 311 g/mol. The zero-order valence-corrected chi connectivity index (χ0v) is 14.0. The van der Waals surface area contributed by atoms with Gasteiger partial charge in [-0.05, 0) is 31.0 Å². The Morgan fingerprint density at radius 1 is 1.25 bits per heavy atom. The lowest BCUT2D eigenvalue weighted by molar-refractivity contribution is 0.0606. The third kappa shape index (κ3) is 3.68. The fraction of sp³-hybridized carbons (Fsp3) is 0.526. The molecule has 0 amide bonds. The minimum absolute atomic E-state index is 0.00174. The molecule has 0 spiro atoms. The van der Waals surface area contributed by atoms with Gasteiger partial charge in [0.15, 0.2) is 5.76 Å². The number of ether oxygens (including phenoxy) is 2. The lowest BCUT2D eigenvalue weighted by Gasteiger charge is -2.19. The van der Waals surface area contributed by atoms with Crippen molar-refractivity contribution in [3.8, 4) is 0 Å². The summed E-state index contributed by atoms with van der Waals surface area (Å²) in [6.07, 6.45) is 5.13. The maximum Gasteiger partial charge on any atom is 0.201 e. The van der Waals surface area contributed by atoms with Crippen LogP contribution in [0.25, 0.3) is 11.0 Å². The summed E-state index contributed by atoms with van der Waals surface area (Å²) in [5.74, 6) is 0.0107. The van der Waals surface area contributed by atoms with Crippen LogP contribution in [-0.4, -0.2) is 26.1 Å². The monoisotopic (exact) mass is 334 g/mol. The minimum atomic E-state index is -0.349. The first-order valence-corrected chi connectivity index (χ1v) is 8.52. The molecule has 1 heterocycles. The second kappa shape index (κ2) is 7.90. The molecule has 4 nitrogen and oxygen atoms in total. The highest BCUT2D eigenvalue weighted by Gasteiger charge is 2.28. The van der Waals surface area contributed by atoms with Crippen LogP contribution in [0.15, 0.2) is 22.6 Å². The quantitative estimate of drug-likeness (QED) is 0.552. The Morgan fingerprint density at radius 3 is 2.79 bits per heavy atom. The van der Waals surface area contributed by atoms with Crippen molar-refractivity contribution in [1.29, 1.82) is 0 Å². The molecule has 24 heavy (non-hydrogen) atoms. The van der Waals surface area contributed by atoms with Gasteiger partial charge < -0.3 is 13.9 Å². The van der Waals surface area contributed by atoms with Gasteiger partial charge in [0.25, 0.3) is 0 Å². The van der Waals surface area contributed by atoms with Crippen molar-refractivity contribution in [3.63, 3.8) is 0 Å². The van der Waals surface area contributed by atoms with E-state index in [4.69, 9.17) is 13.9 Å². The number of fused-ring (bicyclic) bond motifs is 1. The average Bonchev–Trinajstić information content (AvgIpc) is 2.96. The molecule has 2 aromatic rings. The zero-order chi connectivity index (χ0) is 16.9. The van der Waals surface area contributed by atoms with Crippen molar-refractivity contribution in [3.05, 3.63) is 35.3 Å². The third-order valence-electron chi connectivity index (χ3n) is 4.63. The highest BCUT2D eigenvalue weighted by Crippen LogP contribution is 2.33. The summed E-state index contributed by atoms with van der Waals surface area (Å²) in [7, 11) is 1.60. The fourth-order valence-electron chi connectivity index (χ4n) is 3.33. The molecule has 0 atom stereocenters. The van der Waals surface area contributed by atoms with Crippen LogP contribution in [0.4, 0.5) is 4.39 Å². The Kier molecular flexibility index (Phi) is 5.63. The van der Waals surface area contributed by atoms with Crippen molar-refractivity contribution < 1.29 is 23.1 Å². The van der Waals surface area contributed by atoms with Gasteiger partial charge in [0.1, 0.15) is 11.4 Å². The minimum Gasteiger partial charge on any atom is -0.453 e. The van der Waals surface area contributed by atoms with Gasteiger partial charge in [-0.15, -0.1) is 0 Å². The first-order valence-electron chi connectivity index (χ1n) is 8.52. The van der Waals surface area contributed by atoms with E-state index in [-0.39, 0.29) is 24.1 Å². The van der Waals surface area contributed by atoms with E-state index in [0.717, 1.165) is 25.7 Å². The van der Waals surface area contributed by atoms with Gasteiger partial charge >= 0.3 is 0 Å². The van der Waals surface area contributed by atoms with Crippen LogP contribution >= 0.6 is 0 Å². The molecule has 3 rings (SSSR count). The van der Waals surface area contributed by atoms with Gasteiger partial charge in [-0.2, -0.15) is 0 Å². The van der Waals surface area contributed by atoms with Crippen LogP contribution in [0.5, 0.6) is 0 Å². The first kappa shape index (κ1) is 17.1. The second-order valence-electron chi connectivity index (χ2n) is 6.29. The highest BCUT2D eigenvalue weighted by atomic mass is 19.1. The van der Waals surface area contributed by atoms with Crippen molar-refractivity contribution in [2.45, 2.75) is 38.7 Å². The SMILES string of the molecule is COCCOCc1c(C(=O)C2CCCCC2)oc2ccc(F)cc12. The van der Waals surface area contributed by atoms with E-state index in [1.54, 1.807) is 13.2 Å². The molecular formula is C19H23FO4. The number of methoxy groups -OCH3 is 1. The lowest BCUT2D eigenvalue weighted by Crippen LogP contribution is -2.18. The van der Waals surface area contributed by atoms with Gasteiger partial charge in [-0.1, -0.05) is 19.3 Å². The van der Waals surface area contributed by atoms with Crippen molar-refractivity contribution in [2.24, 2.45) is 5.92 Å². The standard InChI is InChI=1S/C19H23FO4/c1-22-9-10-23-12-16-15-11-14(20)7-8-17(15)24-19(16)18(21)13-5-3-2-4-6-13/h7-8,11,13H,2-6,9-10,12H2,1H3. The number of benzene rings is 1. The van der Waals surface area contributed by atoms with Crippen LogP contribution in [0.3, 0.4) is 0 Å². The Labute approximate surface area is 140 Å². The van der Waals surface area contributed by atoms with Crippen LogP contribution in [-0.2, 0) is 16.1 Å². The third-order valence-corrected chi connectivity index (χ3v) is 4.63. The molecule has 0 aliphatic heterocycles. The van der Waals surface area contributed by atoms with E-state index in [9.17, 15) is 9.18 Å². The number of Topliss-reactive ketones (excluding diaryl/α,β-unsaturated/α-hetero) is 1.